The molecule has 25 heavy (non-hydrogen) atoms. The summed E-state index contributed by atoms with van der Waals surface area (Å²) in [6.07, 6.45) is -1.81. The van der Waals surface area contributed by atoms with Crippen LogP contribution < -0.4 is 14.8 Å². The third kappa shape index (κ3) is 4.29. The molecule has 0 aromatic heterocycles. The number of nitrogens with one attached hydrogen (secondary N) is 1. The lowest BCUT2D eigenvalue weighted by molar-refractivity contribution is -0.163. The van der Waals surface area contributed by atoms with E-state index in [1.165, 1.54) is 6.92 Å². The van der Waals surface area contributed by atoms with E-state index >= 15 is 0 Å². The maximum absolute atomic E-state index is 12.2. The molecule has 0 saturated carbocycles. The highest BCUT2D eigenvalue weighted by Crippen LogP contribution is 2.31. The molecule has 1 aliphatic rings. The number of amides is 1. The van der Waals surface area contributed by atoms with E-state index in [9.17, 15) is 9.59 Å². The Morgan fingerprint density at radius 2 is 1.80 bits per heavy atom. The van der Waals surface area contributed by atoms with Crippen molar-refractivity contribution in [3.63, 3.8) is 0 Å². The Bertz CT molecular complexity index is 746. The number of ether oxygens (including phenoxy) is 3. The van der Waals surface area contributed by atoms with Crippen molar-refractivity contribution in [3.8, 4) is 11.5 Å². The Morgan fingerprint density at radius 1 is 1.12 bits per heavy atom. The van der Waals surface area contributed by atoms with Crippen LogP contribution in [0.2, 0.25) is 0 Å². The molecule has 3 rings (SSSR count). The van der Waals surface area contributed by atoms with Crippen LogP contribution in [0.3, 0.4) is 0 Å². The molecule has 2 aromatic rings. The second-order valence-corrected chi connectivity index (χ2v) is 5.65. The minimum absolute atomic E-state index is 0.0498. The summed E-state index contributed by atoms with van der Waals surface area (Å²) < 4.78 is 16.2. The minimum atomic E-state index is -0.919. The summed E-state index contributed by atoms with van der Waals surface area (Å²) in [5.41, 5.74) is 0.968. The lowest BCUT2D eigenvalue weighted by Crippen LogP contribution is -2.42. The molecule has 1 N–H and O–H groups in total. The number of benzene rings is 2. The smallest absolute Gasteiger partial charge is 0.351 e. The first-order chi connectivity index (χ1) is 12.1. The number of para-hydroxylation sites is 2. The van der Waals surface area contributed by atoms with Gasteiger partial charge in [-0.2, -0.15) is 0 Å². The molecule has 6 nitrogen and oxygen atoms in total. The second-order valence-electron chi connectivity index (χ2n) is 5.65. The van der Waals surface area contributed by atoms with Gasteiger partial charge in [0.1, 0.15) is 6.61 Å². The maximum Gasteiger partial charge on any atom is 0.351 e. The predicted octanol–water partition coefficient (Wildman–Crippen LogP) is 2.07. The summed E-state index contributed by atoms with van der Waals surface area (Å²) in [6, 6.07) is 16.6. The Morgan fingerprint density at radius 3 is 2.56 bits per heavy atom. The van der Waals surface area contributed by atoms with Crippen LogP contribution in [0.5, 0.6) is 11.5 Å². The van der Waals surface area contributed by atoms with Crippen LogP contribution in [0.15, 0.2) is 54.6 Å². The fourth-order valence-corrected chi connectivity index (χ4v) is 2.37. The van der Waals surface area contributed by atoms with E-state index in [1.807, 2.05) is 36.4 Å². The van der Waals surface area contributed by atoms with E-state index in [4.69, 9.17) is 14.2 Å². The molecule has 0 unspecified atom stereocenters. The minimum Gasteiger partial charge on any atom is -0.485 e. The molecule has 2 atom stereocenters. The quantitative estimate of drug-likeness (QED) is 0.843. The van der Waals surface area contributed by atoms with Gasteiger partial charge < -0.3 is 19.5 Å². The number of rotatable bonds is 5. The van der Waals surface area contributed by atoms with Crippen LogP contribution in [0.4, 0.5) is 0 Å². The summed E-state index contributed by atoms with van der Waals surface area (Å²) in [5.74, 6) is 0.0725. The van der Waals surface area contributed by atoms with E-state index in [1.54, 1.807) is 18.2 Å². The number of hydrogen-bond acceptors (Lipinski definition) is 5. The lowest BCUT2D eigenvalue weighted by Gasteiger charge is -2.25. The average Bonchev–Trinajstić information content (AvgIpc) is 2.66. The van der Waals surface area contributed by atoms with Crippen molar-refractivity contribution in [2.75, 3.05) is 6.61 Å². The third-order valence-electron chi connectivity index (χ3n) is 3.74. The van der Waals surface area contributed by atoms with E-state index < -0.39 is 18.2 Å². The van der Waals surface area contributed by atoms with Gasteiger partial charge in [0.25, 0.3) is 5.91 Å². The normalized spacial score (nSPS) is 16.6. The van der Waals surface area contributed by atoms with E-state index in [0.29, 0.717) is 18.0 Å². The molecule has 1 heterocycles. The monoisotopic (exact) mass is 341 g/mol. The fraction of sp³-hybridized carbons (Fsp3) is 0.263. The molecule has 0 spiro atoms. The first-order valence-electron chi connectivity index (χ1n) is 8.04. The number of hydrogen-bond donors (Lipinski definition) is 1. The average molecular weight is 341 g/mol. The number of carbonyl (C=O) groups excluding carboxylic acids is 2. The molecule has 130 valence electrons. The summed E-state index contributed by atoms with van der Waals surface area (Å²) in [7, 11) is 0. The number of fused-ring (bicyclic) bond motifs is 1. The second kappa shape index (κ2) is 7.70. The van der Waals surface area contributed by atoms with Crippen LogP contribution in [0.1, 0.15) is 12.5 Å². The fourth-order valence-electron chi connectivity index (χ4n) is 2.37. The zero-order chi connectivity index (χ0) is 17.6. The van der Waals surface area contributed by atoms with Crippen molar-refractivity contribution in [1.82, 2.24) is 5.32 Å². The summed E-state index contributed by atoms with van der Waals surface area (Å²) in [4.78, 5) is 24.3. The Labute approximate surface area is 145 Å². The highest BCUT2D eigenvalue weighted by Gasteiger charge is 2.31. The standard InChI is InChI=1S/C19H19NO5/c1-13(18(21)20-11-14-7-3-2-4-8-14)24-19(22)17-12-23-15-9-5-6-10-16(15)25-17/h2-10,13,17H,11-12H2,1H3,(H,20,21)/t13-,17+/m0/s1. The van der Waals surface area contributed by atoms with Gasteiger partial charge in [-0.3, -0.25) is 4.79 Å². The van der Waals surface area contributed by atoms with Gasteiger partial charge in [-0.1, -0.05) is 42.5 Å². The highest BCUT2D eigenvalue weighted by atomic mass is 16.6. The predicted molar refractivity (Wildman–Crippen MR) is 90.2 cm³/mol. The molecule has 0 aliphatic carbocycles. The molecule has 6 heteroatoms. The summed E-state index contributed by atoms with van der Waals surface area (Å²) >= 11 is 0. The van der Waals surface area contributed by atoms with Crippen molar-refractivity contribution in [1.29, 1.82) is 0 Å². The molecule has 1 aliphatic heterocycles. The largest absolute Gasteiger partial charge is 0.485 e. The maximum atomic E-state index is 12.2. The zero-order valence-electron chi connectivity index (χ0n) is 13.8. The van der Waals surface area contributed by atoms with Crippen molar-refractivity contribution in [3.05, 3.63) is 60.2 Å². The van der Waals surface area contributed by atoms with Gasteiger partial charge in [0.15, 0.2) is 17.6 Å². The van der Waals surface area contributed by atoms with Gasteiger partial charge in [0.05, 0.1) is 0 Å². The summed E-state index contributed by atoms with van der Waals surface area (Å²) in [6.45, 7) is 1.95. The Balaban J connectivity index is 1.50. The molecule has 2 aromatic carbocycles. The van der Waals surface area contributed by atoms with Crippen LogP contribution in [0, 0.1) is 0 Å². The van der Waals surface area contributed by atoms with Gasteiger partial charge in [0.2, 0.25) is 6.10 Å². The number of carbonyl (C=O) groups is 2. The van der Waals surface area contributed by atoms with Gasteiger partial charge in [-0.15, -0.1) is 0 Å². The first kappa shape index (κ1) is 16.8. The van der Waals surface area contributed by atoms with Crippen LogP contribution in [0.25, 0.3) is 0 Å². The van der Waals surface area contributed by atoms with Crippen molar-refractivity contribution >= 4 is 11.9 Å². The van der Waals surface area contributed by atoms with Gasteiger partial charge in [-0.05, 0) is 24.6 Å². The van der Waals surface area contributed by atoms with Crippen molar-refractivity contribution in [2.45, 2.75) is 25.7 Å². The third-order valence-corrected chi connectivity index (χ3v) is 3.74. The molecule has 0 radical (unpaired) electrons. The van der Waals surface area contributed by atoms with E-state index in [-0.39, 0.29) is 12.5 Å². The van der Waals surface area contributed by atoms with Gasteiger partial charge in [0, 0.05) is 6.54 Å². The van der Waals surface area contributed by atoms with Crippen molar-refractivity contribution in [2.24, 2.45) is 0 Å². The molecule has 0 fully saturated rings. The van der Waals surface area contributed by atoms with Crippen LogP contribution >= 0.6 is 0 Å². The Hall–Kier alpha value is -3.02. The molecular formula is C19H19NO5. The topological polar surface area (TPSA) is 73.9 Å². The van der Waals surface area contributed by atoms with E-state index in [2.05, 4.69) is 5.32 Å². The molecular weight excluding hydrogens is 322 g/mol. The van der Waals surface area contributed by atoms with Crippen LogP contribution in [-0.2, 0) is 20.9 Å². The SMILES string of the molecule is C[C@H](OC(=O)[C@H]1COc2ccccc2O1)C(=O)NCc1ccccc1. The highest BCUT2D eigenvalue weighted by molar-refractivity contribution is 5.84. The molecule has 0 bridgehead atoms. The number of esters is 1. The lowest BCUT2D eigenvalue weighted by atomic mass is 10.2. The van der Waals surface area contributed by atoms with Crippen molar-refractivity contribution < 1.29 is 23.8 Å². The first-order valence-corrected chi connectivity index (χ1v) is 8.04. The summed E-state index contributed by atoms with van der Waals surface area (Å²) in [5, 5.41) is 2.73. The van der Waals surface area contributed by atoms with Gasteiger partial charge in [-0.25, -0.2) is 4.79 Å². The molecule has 1 amide bonds. The van der Waals surface area contributed by atoms with Gasteiger partial charge >= 0.3 is 5.97 Å². The van der Waals surface area contributed by atoms with Crippen LogP contribution in [-0.4, -0.2) is 30.7 Å². The zero-order valence-corrected chi connectivity index (χ0v) is 13.8. The van der Waals surface area contributed by atoms with E-state index in [0.717, 1.165) is 5.56 Å². The Kier molecular flexibility index (Phi) is 5.18. The molecule has 0 saturated heterocycles.